The van der Waals surface area contributed by atoms with Crippen molar-refractivity contribution in [3.63, 3.8) is 0 Å². The molecule has 4 nitrogen and oxygen atoms in total. The van der Waals surface area contributed by atoms with Crippen LogP contribution < -0.4 is 0 Å². The Hall–Kier alpha value is -1.06. The molecule has 1 aliphatic carbocycles. The number of methoxy groups -OCH3 is 2. The summed E-state index contributed by atoms with van der Waals surface area (Å²) in [6, 6.07) is 0. The van der Waals surface area contributed by atoms with E-state index in [0.29, 0.717) is 0 Å². The van der Waals surface area contributed by atoms with Gasteiger partial charge in [0.15, 0.2) is 0 Å². The molecular formula is C10H16O4. The Morgan fingerprint density at radius 3 is 1.93 bits per heavy atom. The van der Waals surface area contributed by atoms with Gasteiger partial charge in [0.05, 0.1) is 25.6 Å². The fraction of sp³-hybridized carbons (Fsp3) is 0.800. The average Bonchev–Trinajstić information content (AvgIpc) is 2.60. The van der Waals surface area contributed by atoms with Gasteiger partial charge < -0.3 is 9.47 Å². The third-order valence-electron chi connectivity index (χ3n) is 3.60. The lowest BCUT2D eigenvalue weighted by Gasteiger charge is -2.10. The van der Waals surface area contributed by atoms with Gasteiger partial charge in [0.25, 0.3) is 0 Å². The lowest BCUT2D eigenvalue weighted by molar-refractivity contribution is -0.152. The molecule has 0 aromatic rings. The van der Waals surface area contributed by atoms with Crippen LogP contribution in [0.3, 0.4) is 0 Å². The highest BCUT2D eigenvalue weighted by atomic mass is 16.5. The molecular weight excluding hydrogens is 184 g/mol. The van der Waals surface area contributed by atoms with Crippen LogP contribution in [-0.2, 0) is 19.1 Å². The van der Waals surface area contributed by atoms with Gasteiger partial charge in [0.2, 0.25) is 0 Å². The maximum atomic E-state index is 11.5. The monoisotopic (exact) mass is 200 g/mol. The summed E-state index contributed by atoms with van der Waals surface area (Å²) in [6.07, 6.45) is 0. The highest BCUT2D eigenvalue weighted by molar-refractivity contribution is 5.93. The van der Waals surface area contributed by atoms with Gasteiger partial charge >= 0.3 is 11.9 Å². The van der Waals surface area contributed by atoms with Gasteiger partial charge in [-0.05, 0) is 12.3 Å². The van der Waals surface area contributed by atoms with Crippen molar-refractivity contribution >= 4 is 11.9 Å². The molecule has 80 valence electrons. The van der Waals surface area contributed by atoms with Crippen molar-refractivity contribution in [1.82, 2.24) is 0 Å². The molecule has 0 radical (unpaired) electrons. The van der Waals surface area contributed by atoms with Crippen LogP contribution in [0.15, 0.2) is 0 Å². The number of esters is 2. The van der Waals surface area contributed by atoms with E-state index in [1.54, 1.807) is 6.92 Å². The van der Waals surface area contributed by atoms with Gasteiger partial charge in [-0.2, -0.15) is 0 Å². The van der Waals surface area contributed by atoms with E-state index < -0.39 is 11.3 Å². The van der Waals surface area contributed by atoms with Crippen LogP contribution in [0.5, 0.6) is 0 Å². The first kappa shape index (κ1) is 11.0. The maximum absolute atomic E-state index is 11.5. The third-order valence-corrected chi connectivity index (χ3v) is 3.60. The van der Waals surface area contributed by atoms with Crippen LogP contribution >= 0.6 is 0 Å². The fourth-order valence-electron chi connectivity index (χ4n) is 2.22. The molecule has 2 atom stereocenters. The van der Waals surface area contributed by atoms with E-state index in [0.717, 1.165) is 0 Å². The zero-order valence-electron chi connectivity index (χ0n) is 9.21. The molecule has 0 unspecified atom stereocenters. The lowest BCUT2D eigenvalue weighted by Crippen LogP contribution is -2.21. The topological polar surface area (TPSA) is 52.6 Å². The zero-order chi connectivity index (χ0) is 11.1. The molecule has 0 heterocycles. The van der Waals surface area contributed by atoms with Crippen molar-refractivity contribution < 1.29 is 19.1 Å². The Bertz CT molecular complexity index is 282. The average molecular weight is 200 g/mol. The van der Waals surface area contributed by atoms with Crippen molar-refractivity contribution in [2.45, 2.75) is 20.8 Å². The number of carbonyl (C=O) groups is 2. The largest absolute Gasteiger partial charge is 0.469 e. The standard InChI is InChI=1S/C10H16O4/c1-9(2)6(7(11)13-4)10(9,3)8(12)14-5/h6H,1-5H3/t6-,10+/m1/s1. The summed E-state index contributed by atoms with van der Waals surface area (Å²) >= 11 is 0. The molecule has 0 aromatic carbocycles. The highest BCUT2D eigenvalue weighted by Crippen LogP contribution is 2.69. The Balaban J connectivity index is 2.94. The van der Waals surface area contributed by atoms with Crippen LogP contribution in [0, 0.1) is 16.7 Å². The minimum Gasteiger partial charge on any atom is -0.469 e. The molecule has 0 bridgehead atoms. The van der Waals surface area contributed by atoms with Crippen molar-refractivity contribution in [2.75, 3.05) is 14.2 Å². The van der Waals surface area contributed by atoms with Gasteiger partial charge in [-0.1, -0.05) is 13.8 Å². The zero-order valence-corrected chi connectivity index (χ0v) is 9.21. The summed E-state index contributed by atoms with van der Waals surface area (Å²) < 4.78 is 9.34. The van der Waals surface area contributed by atoms with Crippen LogP contribution in [0.25, 0.3) is 0 Å². The van der Waals surface area contributed by atoms with E-state index in [9.17, 15) is 9.59 Å². The molecule has 0 N–H and O–H groups in total. The molecule has 0 spiro atoms. The van der Waals surface area contributed by atoms with E-state index in [1.807, 2.05) is 13.8 Å². The molecule has 1 aliphatic rings. The molecule has 1 fully saturated rings. The first-order chi connectivity index (χ1) is 6.33. The van der Waals surface area contributed by atoms with Crippen LogP contribution in [-0.4, -0.2) is 26.2 Å². The van der Waals surface area contributed by atoms with Gasteiger partial charge in [0.1, 0.15) is 0 Å². The molecule has 0 saturated heterocycles. The Labute approximate surface area is 83.6 Å². The predicted octanol–water partition coefficient (Wildman–Crippen LogP) is 0.995. The van der Waals surface area contributed by atoms with Crippen molar-refractivity contribution in [3.8, 4) is 0 Å². The van der Waals surface area contributed by atoms with Crippen LogP contribution in [0.4, 0.5) is 0 Å². The highest BCUT2D eigenvalue weighted by Gasteiger charge is 2.77. The Kier molecular flexibility index (Phi) is 2.34. The third kappa shape index (κ3) is 1.06. The molecule has 1 rings (SSSR count). The van der Waals surface area contributed by atoms with E-state index in [4.69, 9.17) is 4.74 Å². The van der Waals surface area contributed by atoms with Crippen molar-refractivity contribution in [3.05, 3.63) is 0 Å². The fourth-order valence-corrected chi connectivity index (χ4v) is 2.22. The molecule has 1 saturated carbocycles. The molecule has 0 aromatic heterocycles. The number of hydrogen-bond acceptors (Lipinski definition) is 4. The normalized spacial score (nSPS) is 33.4. The van der Waals surface area contributed by atoms with E-state index in [1.165, 1.54) is 14.2 Å². The second-order valence-electron chi connectivity index (χ2n) is 4.37. The summed E-state index contributed by atoms with van der Waals surface area (Å²) in [4.78, 5) is 22.9. The number of carbonyl (C=O) groups excluding carboxylic acids is 2. The lowest BCUT2D eigenvalue weighted by atomic mass is 9.99. The number of hydrogen-bond donors (Lipinski definition) is 0. The summed E-state index contributed by atoms with van der Waals surface area (Å²) in [7, 11) is 2.66. The van der Waals surface area contributed by atoms with E-state index in [-0.39, 0.29) is 17.4 Å². The second-order valence-corrected chi connectivity index (χ2v) is 4.37. The van der Waals surface area contributed by atoms with E-state index >= 15 is 0 Å². The predicted molar refractivity (Wildman–Crippen MR) is 49.4 cm³/mol. The van der Waals surface area contributed by atoms with E-state index in [2.05, 4.69) is 4.74 Å². The Morgan fingerprint density at radius 1 is 1.07 bits per heavy atom. The summed E-state index contributed by atoms with van der Waals surface area (Å²) in [5.41, 5.74) is -1.12. The number of ether oxygens (including phenoxy) is 2. The molecule has 4 heteroatoms. The van der Waals surface area contributed by atoms with Crippen LogP contribution in [0.1, 0.15) is 20.8 Å². The minimum absolute atomic E-state index is 0.345. The van der Waals surface area contributed by atoms with Crippen molar-refractivity contribution in [2.24, 2.45) is 16.7 Å². The van der Waals surface area contributed by atoms with Gasteiger partial charge in [0, 0.05) is 0 Å². The first-order valence-electron chi connectivity index (χ1n) is 4.50. The number of rotatable bonds is 2. The van der Waals surface area contributed by atoms with Gasteiger partial charge in [-0.15, -0.1) is 0 Å². The van der Waals surface area contributed by atoms with Gasteiger partial charge in [-0.3, -0.25) is 9.59 Å². The van der Waals surface area contributed by atoms with Gasteiger partial charge in [-0.25, -0.2) is 0 Å². The smallest absolute Gasteiger partial charge is 0.312 e. The Morgan fingerprint density at radius 2 is 1.57 bits per heavy atom. The summed E-state index contributed by atoms with van der Waals surface area (Å²) in [5, 5.41) is 0. The summed E-state index contributed by atoms with van der Waals surface area (Å²) in [5.74, 6) is -1.09. The first-order valence-corrected chi connectivity index (χ1v) is 4.50. The second kappa shape index (κ2) is 2.97. The SMILES string of the molecule is COC(=O)[C@@H]1C(C)(C)[C@]1(C)C(=O)OC. The maximum Gasteiger partial charge on any atom is 0.312 e. The molecule has 0 amide bonds. The summed E-state index contributed by atoms with van der Waals surface area (Å²) in [6.45, 7) is 5.47. The minimum atomic E-state index is -0.741. The molecule has 14 heavy (non-hydrogen) atoms. The van der Waals surface area contributed by atoms with Crippen LogP contribution in [0.2, 0.25) is 0 Å². The van der Waals surface area contributed by atoms with Crippen molar-refractivity contribution in [1.29, 1.82) is 0 Å². The quantitative estimate of drug-likeness (QED) is 0.624. The molecule has 0 aliphatic heterocycles.